The van der Waals surface area contributed by atoms with Crippen LogP contribution < -0.4 is 5.32 Å². The van der Waals surface area contributed by atoms with Crippen LogP contribution >= 0.6 is 11.6 Å². The monoisotopic (exact) mass is 257 g/mol. The van der Waals surface area contributed by atoms with E-state index >= 15 is 0 Å². The van der Waals surface area contributed by atoms with Gasteiger partial charge in [0.05, 0.1) is 6.54 Å². The highest BCUT2D eigenvalue weighted by molar-refractivity contribution is 6.30. The lowest BCUT2D eigenvalue weighted by Crippen LogP contribution is -2.46. The molecule has 0 saturated carbocycles. The smallest absolute Gasteiger partial charge is 0.337 e. The molecule has 17 heavy (non-hydrogen) atoms. The van der Waals surface area contributed by atoms with Crippen molar-refractivity contribution in [3.8, 4) is 0 Å². The zero-order valence-corrected chi connectivity index (χ0v) is 9.86. The quantitative estimate of drug-likeness (QED) is 0.748. The van der Waals surface area contributed by atoms with Crippen molar-refractivity contribution in [2.45, 2.75) is 12.5 Å². The Hall–Kier alpha value is -1.59. The van der Waals surface area contributed by atoms with Gasteiger partial charge in [0.2, 0.25) is 0 Å². The fourth-order valence-corrected chi connectivity index (χ4v) is 1.25. The number of benzene rings is 1. The van der Waals surface area contributed by atoms with Crippen LogP contribution in [-0.4, -0.2) is 34.2 Å². The number of carboxylic acid groups (broad SMARTS) is 1. The first-order valence-electron chi connectivity index (χ1n) is 4.82. The highest BCUT2D eigenvalue weighted by Gasteiger charge is 2.30. The Morgan fingerprint density at radius 3 is 2.65 bits per heavy atom. The van der Waals surface area contributed by atoms with Gasteiger partial charge in [0.15, 0.2) is 5.60 Å². The summed E-state index contributed by atoms with van der Waals surface area (Å²) in [7, 11) is 0. The summed E-state index contributed by atoms with van der Waals surface area (Å²) >= 11 is 5.71. The Morgan fingerprint density at radius 2 is 2.12 bits per heavy atom. The van der Waals surface area contributed by atoms with Gasteiger partial charge in [-0.2, -0.15) is 0 Å². The van der Waals surface area contributed by atoms with Crippen molar-refractivity contribution in [3.05, 3.63) is 34.9 Å². The van der Waals surface area contributed by atoms with Crippen LogP contribution in [0, 0.1) is 0 Å². The van der Waals surface area contributed by atoms with Gasteiger partial charge < -0.3 is 15.5 Å². The Balaban J connectivity index is 2.65. The molecular weight excluding hydrogens is 246 g/mol. The normalized spacial score (nSPS) is 13.8. The van der Waals surface area contributed by atoms with E-state index in [4.69, 9.17) is 16.7 Å². The number of amides is 1. The van der Waals surface area contributed by atoms with Crippen LogP contribution in [0.5, 0.6) is 0 Å². The Bertz CT molecular complexity index is 445. The van der Waals surface area contributed by atoms with Gasteiger partial charge in [0.25, 0.3) is 5.91 Å². The predicted octanol–water partition coefficient (Wildman–Crippen LogP) is 0.905. The highest BCUT2D eigenvalue weighted by atomic mass is 35.5. The molecule has 0 aliphatic heterocycles. The number of nitrogens with one attached hydrogen (secondary N) is 1. The summed E-state index contributed by atoms with van der Waals surface area (Å²) < 4.78 is 0. The second kappa shape index (κ2) is 5.16. The van der Waals surface area contributed by atoms with Gasteiger partial charge >= 0.3 is 5.97 Å². The number of hydrogen-bond donors (Lipinski definition) is 3. The van der Waals surface area contributed by atoms with Crippen LogP contribution in [0.4, 0.5) is 0 Å². The number of halogens is 1. The number of hydrogen-bond acceptors (Lipinski definition) is 3. The summed E-state index contributed by atoms with van der Waals surface area (Å²) in [5.74, 6) is -1.89. The van der Waals surface area contributed by atoms with Crippen LogP contribution in [0.15, 0.2) is 24.3 Å². The van der Waals surface area contributed by atoms with E-state index in [1.54, 1.807) is 12.1 Å². The van der Waals surface area contributed by atoms with Crippen molar-refractivity contribution < 1.29 is 19.8 Å². The highest BCUT2D eigenvalue weighted by Crippen LogP contribution is 2.10. The lowest BCUT2D eigenvalue weighted by molar-refractivity contribution is -0.155. The maximum Gasteiger partial charge on any atom is 0.337 e. The van der Waals surface area contributed by atoms with E-state index in [1.165, 1.54) is 12.1 Å². The minimum absolute atomic E-state index is 0.304. The molecule has 1 unspecified atom stereocenters. The SMILES string of the molecule is CC(O)(CNC(=O)c1cccc(Cl)c1)C(=O)O. The van der Waals surface area contributed by atoms with E-state index in [1.807, 2.05) is 0 Å². The van der Waals surface area contributed by atoms with Crippen LogP contribution in [0.25, 0.3) is 0 Å². The summed E-state index contributed by atoms with van der Waals surface area (Å²) in [6, 6.07) is 6.21. The molecule has 0 bridgehead atoms. The average molecular weight is 258 g/mol. The van der Waals surface area contributed by atoms with Gasteiger partial charge in [0, 0.05) is 10.6 Å². The molecule has 5 nitrogen and oxygen atoms in total. The topological polar surface area (TPSA) is 86.6 Å². The number of carboxylic acids is 1. The Morgan fingerprint density at radius 1 is 1.47 bits per heavy atom. The van der Waals surface area contributed by atoms with E-state index in [2.05, 4.69) is 5.32 Å². The van der Waals surface area contributed by atoms with E-state index in [0.29, 0.717) is 10.6 Å². The van der Waals surface area contributed by atoms with E-state index in [0.717, 1.165) is 6.92 Å². The van der Waals surface area contributed by atoms with Crippen LogP contribution in [0.2, 0.25) is 5.02 Å². The molecule has 1 rings (SSSR count). The molecule has 0 aliphatic carbocycles. The standard InChI is InChI=1S/C11H12ClNO4/c1-11(17,10(15)16)6-13-9(14)7-3-2-4-8(12)5-7/h2-5,17H,6H2,1H3,(H,13,14)(H,15,16). The second-order valence-corrected chi connectivity index (χ2v) is 4.21. The number of aliphatic hydroxyl groups is 1. The second-order valence-electron chi connectivity index (χ2n) is 3.77. The summed E-state index contributed by atoms with van der Waals surface area (Å²) in [6.07, 6.45) is 0. The van der Waals surface area contributed by atoms with Crippen LogP contribution in [-0.2, 0) is 4.79 Å². The minimum Gasteiger partial charge on any atom is -0.479 e. The minimum atomic E-state index is -1.99. The van der Waals surface area contributed by atoms with Gasteiger partial charge in [0.1, 0.15) is 0 Å². The van der Waals surface area contributed by atoms with Gasteiger partial charge in [-0.05, 0) is 25.1 Å². The van der Waals surface area contributed by atoms with Crippen molar-refractivity contribution in [3.63, 3.8) is 0 Å². The van der Waals surface area contributed by atoms with Gasteiger partial charge in [-0.25, -0.2) is 4.79 Å². The molecule has 6 heteroatoms. The first kappa shape index (κ1) is 13.5. The number of aliphatic carboxylic acids is 1. The lowest BCUT2D eigenvalue weighted by atomic mass is 10.1. The first-order chi connectivity index (χ1) is 7.83. The molecule has 1 aromatic carbocycles. The van der Waals surface area contributed by atoms with E-state index in [9.17, 15) is 14.7 Å². The maximum atomic E-state index is 11.6. The fourth-order valence-electron chi connectivity index (χ4n) is 1.06. The molecular formula is C11H12ClNO4. The molecule has 0 saturated heterocycles. The zero-order chi connectivity index (χ0) is 13.1. The third-order valence-electron chi connectivity index (χ3n) is 2.14. The molecule has 0 aliphatic rings. The molecule has 1 aromatic rings. The molecule has 3 N–H and O–H groups in total. The summed E-state index contributed by atoms with van der Waals surface area (Å²) in [5, 5.41) is 20.8. The zero-order valence-electron chi connectivity index (χ0n) is 9.11. The third-order valence-corrected chi connectivity index (χ3v) is 2.38. The molecule has 0 radical (unpaired) electrons. The summed E-state index contributed by atoms with van der Waals surface area (Å²) in [4.78, 5) is 22.2. The average Bonchev–Trinajstić information content (AvgIpc) is 2.25. The van der Waals surface area contributed by atoms with Crippen molar-refractivity contribution in [2.75, 3.05) is 6.54 Å². The molecule has 92 valence electrons. The van der Waals surface area contributed by atoms with Crippen molar-refractivity contribution in [2.24, 2.45) is 0 Å². The van der Waals surface area contributed by atoms with Crippen molar-refractivity contribution >= 4 is 23.5 Å². The van der Waals surface area contributed by atoms with Gasteiger partial charge in [-0.3, -0.25) is 4.79 Å². The van der Waals surface area contributed by atoms with Crippen molar-refractivity contribution in [1.82, 2.24) is 5.32 Å². The number of carbonyl (C=O) groups is 2. The molecule has 0 aromatic heterocycles. The molecule has 1 amide bonds. The fraction of sp³-hybridized carbons (Fsp3) is 0.273. The van der Waals surface area contributed by atoms with Gasteiger partial charge in [-0.15, -0.1) is 0 Å². The van der Waals surface area contributed by atoms with Crippen molar-refractivity contribution in [1.29, 1.82) is 0 Å². The Kier molecular flexibility index (Phi) is 4.09. The number of carbonyl (C=O) groups excluding carboxylic acids is 1. The molecule has 1 atom stereocenters. The molecule has 0 spiro atoms. The van der Waals surface area contributed by atoms with Crippen LogP contribution in [0.3, 0.4) is 0 Å². The molecule has 0 fully saturated rings. The maximum absolute atomic E-state index is 11.6. The first-order valence-corrected chi connectivity index (χ1v) is 5.20. The summed E-state index contributed by atoms with van der Waals surface area (Å²) in [5.41, 5.74) is -1.69. The third kappa shape index (κ3) is 3.72. The summed E-state index contributed by atoms with van der Waals surface area (Å²) in [6.45, 7) is 0.723. The van der Waals surface area contributed by atoms with Crippen LogP contribution in [0.1, 0.15) is 17.3 Å². The van der Waals surface area contributed by atoms with E-state index < -0.39 is 17.5 Å². The predicted molar refractivity (Wildman–Crippen MR) is 62.0 cm³/mol. The Labute approximate surface area is 103 Å². The lowest BCUT2D eigenvalue weighted by Gasteiger charge is -2.18. The van der Waals surface area contributed by atoms with E-state index in [-0.39, 0.29) is 6.54 Å². The number of rotatable bonds is 4. The largest absolute Gasteiger partial charge is 0.479 e. The van der Waals surface area contributed by atoms with Gasteiger partial charge in [-0.1, -0.05) is 17.7 Å². The molecule has 0 heterocycles.